The molecule has 0 radical (unpaired) electrons. The summed E-state index contributed by atoms with van der Waals surface area (Å²) in [7, 11) is 0. The summed E-state index contributed by atoms with van der Waals surface area (Å²) in [5.74, 6) is 0.206. The van der Waals surface area contributed by atoms with Crippen molar-refractivity contribution in [2.24, 2.45) is 5.73 Å². The number of rotatable bonds is 4. The van der Waals surface area contributed by atoms with E-state index in [1.807, 2.05) is 30.3 Å². The number of hydrogen-bond donors (Lipinski definition) is 1. The zero-order valence-electron chi connectivity index (χ0n) is 7.24. The number of thioether (sulfide) groups is 1. The van der Waals surface area contributed by atoms with Gasteiger partial charge < -0.3 is 5.73 Å². The second kappa shape index (κ2) is 5.78. The molecule has 0 aliphatic rings. The SMILES string of the molecule is NC/C=C(\F)CSc1ccccc1. The van der Waals surface area contributed by atoms with Gasteiger partial charge in [0.1, 0.15) is 5.83 Å². The maximum atomic E-state index is 12.8. The van der Waals surface area contributed by atoms with Crippen LogP contribution in [-0.4, -0.2) is 12.3 Å². The number of halogens is 1. The van der Waals surface area contributed by atoms with Crippen molar-refractivity contribution >= 4 is 11.8 Å². The van der Waals surface area contributed by atoms with E-state index < -0.39 is 0 Å². The molecular formula is C10H12FNS. The second-order valence-corrected chi connectivity index (χ2v) is 3.54. The van der Waals surface area contributed by atoms with E-state index in [2.05, 4.69) is 0 Å². The van der Waals surface area contributed by atoms with Gasteiger partial charge in [-0.15, -0.1) is 11.8 Å². The minimum Gasteiger partial charge on any atom is -0.327 e. The highest BCUT2D eigenvalue weighted by molar-refractivity contribution is 7.99. The Labute approximate surface area is 81.8 Å². The van der Waals surface area contributed by atoms with Crippen LogP contribution in [0.15, 0.2) is 47.1 Å². The Balaban J connectivity index is 2.39. The first kappa shape index (κ1) is 10.3. The highest BCUT2D eigenvalue weighted by atomic mass is 32.2. The van der Waals surface area contributed by atoms with Crippen LogP contribution >= 0.6 is 11.8 Å². The van der Waals surface area contributed by atoms with Crippen molar-refractivity contribution in [1.29, 1.82) is 0 Å². The van der Waals surface area contributed by atoms with Crippen molar-refractivity contribution in [3.05, 3.63) is 42.2 Å². The van der Waals surface area contributed by atoms with Crippen LogP contribution in [0.1, 0.15) is 0 Å². The Kier molecular flexibility index (Phi) is 4.57. The number of hydrogen-bond acceptors (Lipinski definition) is 2. The molecule has 0 saturated heterocycles. The molecule has 0 bridgehead atoms. The molecule has 0 saturated carbocycles. The lowest BCUT2D eigenvalue weighted by atomic mass is 10.4. The molecule has 1 nitrogen and oxygen atoms in total. The van der Waals surface area contributed by atoms with Gasteiger partial charge in [-0.3, -0.25) is 0 Å². The lowest BCUT2D eigenvalue weighted by Crippen LogP contribution is -1.94. The predicted molar refractivity (Wildman–Crippen MR) is 55.4 cm³/mol. The first-order chi connectivity index (χ1) is 6.33. The molecule has 0 aromatic heterocycles. The van der Waals surface area contributed by atoms with Gasteiger partial charge in [-0.2, -0.15) is 0 Å². The Morgan fingerprint density at radius 1 is 1.38 bits per heavy atom. The van der Waals surface area contributed by atoms with Crippen LogP contribution in [0.5, 0.6) is 0 Å². The monoisotopic (exact) mass is 197 g/mol. The normalized spacial score (nSPS) is 11.7. The predicted octanol–water partition coefficient (Wildman–Crippen LogP) is 2.59. The zero-order valence-corrected chi connectivity index (χ0v) is 8.06. The van der Waals surface area contributed by atoms with Crippen LogP contribution in [0, 0.1) is 0 Å². The highest BCUT2D eigenvalue weighted by Crippen LogP contribution is 2.19. The van der Waals surface area contributed by atoms with Crippen molar-refractivity contribution in [2.75, 3.05) is 12.3 Å². The van der Waals surface area contributed by atoms with Crippen LogP contribution in [-0.2, 0) is 0 Å². The Bertz CT molecular complexity index is 272. The van der Waals surface area contributed by atoms with Crippen LogP contribution in [0.25, 0.3) is 0 Å². The molecule has 0 aliphatic carbocycles. The number of nitrogens with two attached hydrogens (primary N) is 1. The van der Waals surface area contributed by atoms with Gasteiger partial charge in [0.05, 0.1) is 0 Å². The van der Waals surface area contributed by atoms with Gasteiger partial charge in [-0.25, -0.2) is 4.39 Å². The fraction of sp³-hybridized carbons (Fsp3) is 0.200. The van der Waals surface area contributed by atoms with Gasteiger partial charge in [0.15, 0.2) is 0 Å². The molecule has 0 fully saturated rings. The van der Waals surface area contributed by atoms with E-state index in [4.69, 9.17) is 5.73 Å². The molecule has 0 unspecified atom stereocenters. The lowest BCUT2D eigenvalue weighted by molar-refractivity contribution is 0.640. The number of benzene rings is 1. The van der Waals surface area contributed by atoms with E-state index >= 15 is 0 Å². The van der Waals surface area contributed by atoms with E-state index in [0.717, 1.165) is 4.90 Å². The van der Waals surface area contributed by atoms with Crippen LogP contribution in [0.4, 0.5) is 4.39 Å². The van der Waals surface area contributed by atoms with E-state index in [1.165, 1.54) is 17.8 Å². The molecule has 1 aromatic rings. The van der Waals surface area contributed by atoms with Crippen LogP contribution in [0.3, 0.4) is 0 Å². The standard InChI is InChI=1S/C10H12FNS/c11-9(6-7-12)8-13-10-4-2-1-3-5-10/h1-6H,7-8,12H2/b9-6-. The third-order valence-electron chi connectivity index (χ3n) is 1.46. The summed E-state index contributed by atoms with van der Waals surface area (Å²) < 4.78 is 12.8. The molecule has 1 aromatic carbocycles. The van der Waals surface area contributed by atoms with Gasteiger partial charge in [0.25, 0.3) is 0 Å². The minimum absolute atomic E-state index is 0.156. The molecule has 0 spiro atoms. The third-order valence-corrected chi connectivity index (χ3v) is 2.48. The first-order valence-electron chi connectivity index (χ1n) is 4.05. The first-order valence-corrected chi connectivity index (χ1v) is 5.04. The molecule has 0 amide bonds. The fourth-order valence-electron chi connectivity index (χ4n) is 0.856. The molecule has 1 rings (SSSR count). The highest BCUT2D eigenvalue weighted by Gasteiger charge is 1.95. The minimum atomic E-state index is -0.156. The Hall–Kier alpha value is -0.800. The molecule has 2 N–H and O–H groups in total. The molecule has 3 heteroatoms. The van der Waals surface area contributed by atoms with E-state index in [9.17, 15) is 4.39 Å². The van der Waals surface area contributed by atoms with Crippen LogP contribution in [0.2, 0.25) is 0 Å². The molecule has 0 atom stereocenters. The Morgan fingerprint density at radius 2 is 2.08 bits per heavy atom. The van der Waals surface area contributed by atoms with Crippen molar-refractivity contribution in [2.45, 2.75) is 4.90 Å². The second-order valence-electron chi connectivity index (χ2n) is 2.49. The molecular weight excluding hydrogens is 185 g/mol. The van der Waals surface area contributed by atoms with E-state index in [-0.39, 0.29) is 12.4 Å². The van der Waals surface area contributed by atoms with Crippen molar-refractivity contribution in [3.63, 3.8) is 0 Å². The summed E-state index contributed by atoms with van der Waals surface area (Å²) >= 11 is 1.47. The van der Waals surface area contributed by atoms with Crippen molar-refractivity contribution in [3.8, 4) is 0 Å². The topological polar surface area (TPSA) is 26.0 Å². The average molecular weight is 197 g/mol. The molecule has 0 heterocycles. The quantitative estimate of drug-likeness (QED) is 0.751. The Morgan fingerprint density at radius 3 is 2.69 bits per heavy atom. The fourth-order valence-corrected chi connectivity index (χ4v) is 1.63. The molecule has 13 heavy (non-hydrogen) atoms. The summed E-state index contributed by atoms with van der Waals surface area (Å²) in [6.07, 6.45) is 1.40. The van der Waals surface area contributed by atoms with E-state index in [0.29, 0.717) is 5.75 Å². The van der Waals surface area contributed by atoms with Gasteiger partial charge in [-0.1, -0.05) is 18.2 Å². The maximum Gasteiger partial charge on any atom is 0.107 e. The summed E-state index contributed by atoms with van der Waals surface area (Å²) in [6.45, 7) is 0.265. The van der Waals surface area contributed by atoms with Gasteiger partial charge in [0, 0.05) is 17.2 Å². The van der Waals surface area contributed by atoms with Crippen molar-refractivity contribution < 1.29 is 4.39 Å². The van der Waals surface area contributed by atoms with Gasteiger partial charge in [0.2, 0.25) is 0 Å². The third kappa shape index (κ3) is 4.10. The van der Waals surface area contributed by atoms with Gasteiger partial charge >= 0.3 is 0 Å². The molecule has 0 aliphatic heterocycles. The average Bonchev–Trinajstić information content (AvgIpc) is 2.17. The smallest absolute Gasteiger partial charge is 0.107 e. The maximum absolute atomic E-state index is 12.8. The summed E-state index contributed by atoms with van der Waals surface area (Å²) in [5, 5.41) is 0. The summed E-state index contributed by atoms with van der Waals surface area (Å²) in [5.41, 5.74) is 5.17. The zero-order chi connectivity index (χ0) is 9.52. The summed E-state index contributed by atoms with van der Waals surface area (Å²) in [6, 6.07) is 9.73. The molecule has 70 valence electrons. The van der Waals surface area contributed by atoms with Gasteiger partial charge in [-0.05, 0) is 18.2 Å². The largest absolute Gasteiger partial charge is 0.327 e. The lowest BCUT2D eigenvalue weighted by Gasteiger charge is -1.98. The van der Waals surface area contributed by atoms with E-state index in [1.54, 1.807) is 0 Å². The van der Waals surface area contributed by atoms with Crippen LogP contribution < -0.4 is 5.73 Å². The summed E-state index contributed by atoms with van der Waals surface area (Å²) in [4.78, 5) is 1.07. The van der Waals surface area contributed by atoms with Crippen molar-refractivity contribution in [1.82, 2.24) is 0 Å².